The average molecular weight is 305 g/mol. The summed E-state index contributed by atoms with van der Waals surface area (Å²) in [6, 6.07) is 16.1. The molecule has 5 heteroatoms. The minimum Gasteiger partial charge on any atom is -0.392 e. The lowest BCUT2D eigenvalue weighted by atomic mass is 10.1. The zero-order chi connectivity index (χ0) is 15.3. The summed E-state index contributed by atoms with van der Waals surface area (Å²) in [4.78, 5) is 0. The Morgan fingerprint density at radius 1 is 1.05 bits per heavy atom. The van der Waals surface area contributed by atoms with Crippen molar-refractivity contribution in [1.82, 2.24) is 4.72 Å². The molecule has 0 spiro atoms. The molecule has 0 saturated heterocycles. The molecule has 0 fully saturated rings. The molecule has 1 atom stereocenters. The van der Waals surface area contributed by atoms with Gasteiger partial charge in [0.25, 0.3) is 0 Å². The molecule has 2 N–H and O–H groups in total. The number of hydrogen-bond acceptors (Lipinski definition) is 3. The highest BCUT2D eigenvalue weighted by Crippen LogP contribution is 2.15. The molecule has 0 aliphatic rings. The van der Waals surface area contributed by atoms with Crippen LogP contribution in [0.4, 0.5) is 0 Å². The molecule has 0 bridgehead atoms. The Bertz CT molecular complexity index is 684. The third-order valence-corrected chi connectivity index (χ3v) is 4.61. The summed E-state index contributed by atoms with van der Waals surface area (Å²) < 4.78 is 27.1. The summed E-state index contributed by atoms with van der Waals surface area (Å²) >= 11 is 0. The van der Waals surface area contributed by atoms with Crippen LogP contribution in [0.15, 0.2) is 54.6 Å². The van der Waals surface area contributed by atoms with Crippen LogP contribution >= 0.6 is 0 Å². The first-order valence-corrected chi connectivity index (χ1v) is 8.39. The smallest absolute Gasteiger partial charge is 0.216 e. The highest BCUT2D eigenvalue weighted by Gasteiger charge is 2.16. The Hall–Kier alpha value is -1.69. The molecular formula is C16H19NO3S. The monoisotopic (exact) mass is 305 g/mol. The molecule has 0 saturated carbocycles. The summed E-state index contributed by atoms with van der Waals surface area (Å²) in [6.07, 6.45) is 0. The van der Waals surface area contributed by atoms with Crippen LogP contribution in [0.1, 0.15) is 29.7 Å². The first-order chi connectivity index (χ1) is 10.00. The van der Waals surface area contributed by atoms with E-state index in [4.69, 9.17) is 5.11 Å². The zero-order valence-electron chi connectivity index (χ0n) is 11.9. The Balaban J connectivity index is 2.08. The molecule has 0 radical (unpaired) electrons. The van der Waals surface area contributed by atoms with Gasteiger partial charge in [-0.3, -0.25) is 0 Å². The molecule has 2 aromatic rings. The molecule has 0 aliphatic carbocycles. The lowest BCUT2D eigenvalue weighted by Crippen LogP contribution is -2.28. The fraction of sp³-hybridized carbons (Fsp3) is 0.250. The number of rotatable bonds is 6. The van der Waals surface area contributed by atoms with Crippen LogP contribution in [-0.2, 0) is 22.4 Å². The quantitative estimate of drug-likeness (QED) is 0.861. The number of hydrogen-bond donors (Lipinski definition) is 2. The van der Waals surface area contributed by atoms with Crippen LogP contribution in [-0.4, -0.2) is 13.5 Å². The topological polar surface area (TPSA) is 66.4 Å². The van der Waals surface area contributed by atoms with Gasteiger partial charge in [0.1, 0.15) is 0 Å². The number of aliphatic hydroxyl groups excluding tert-OH is 1. The molecule has 4 nitrogen and oxygen atoms in total. The van der Waals surface area contributed by atoms with Gasteiger partial charge in [0.05, 0.1) is 12.4 Å². The molecule has 0 amide bonds. The predicted octanol–water partition coefficient (Wildman–Crippen LogP) is 2.36. The highest BCUT2D eigenvalue weighted by atomic mass is 32.2. The van der Waals surface area contributed by atoms with Crippen molar-refractivity contribution < 1.29 is 13.5 Å². The van der Waals surface area contributed by atoms with Gasteiger partial charge in [-0.25, -0.2) is 13.1 Å². The normalized spacial score (nSPS) is 13.0. The van der Waals surface area contributed by atoms with E-state index < -0.39 is 10.0 Å². The predicted molar refractivity (Wildman–Crippen MR) is 83.0 cm³/mol. The first-order valence-electron chi connectivity index (χ1n) is 6.74. The molecule has 0 aromatic heterocycles. The van der Waals surface area contributed by atoms with Gasteiger partial charge in [-0.05, 0) is 23.6 Å². The van der Waals surface area contributed by atoms with Crippen LogP contribution in [0.5, 0.6) is 0 Å². The maximum absolute atomic E-state index is 12.2. The van der Waals surface area contributed by atoms with E-state index in [-0.39, 0.29) is 18.4 Å². The van der Waals surface area contributed by atoms with E-state index in [0.717, 1.165) is 5.56 Å². The fourth-order valence-electron chi connectivity index (χ4n) is 2.16. The largest absolute Gasteiger partial charge is 0.392 e. The standard InChI is InChI=1S/C16H19NO3S/c1-13(16-8-3-2-4-9-16)17-21(19,20)12-15-7-5-6-14(10-15)11-18/h2-10,13,17-18H,11-12H2,1H3. The minimum absolute atomic E-state index is 0.0955. The first kappa shape index (κ1) is 15.7. The Morgan fingerprint density at radius 2 is 1.71 bits per heavy atom. The van der Waals surface area contributed by atoms with Crippen molar-refractivity contribution >= 4 is 10.0 Å². The van der Waals surface area contributed by atoms with E-state index in [1.165, 1.54) is 0 Å². The second kappa shape index (κ2) is 6.85. The van der Waals surface area contributed by atoms with Gasteiger partial charge >= 0.3 is 0 Å². The summed E-state index contributed by atoms with van der Waals surface area (Å²) in [5, 5.41) is 9.09. The molecule has 0 aliphatic heterocycles. The Kier molecular flexibility index (Phi) is 5.12. The van der Waals surface area contributed by atoms with Gasteiger partial charge in [0, 0.05) is 6.04 Å². The number of benzene rings is 2. The van der Waals surface area contributed by atoms with Gasteiger partial charge in [0.2, 0.25) is 10.0 Å². The SMILES string of the molecule is CC(NS(=O)(=O)Cc1cccc(CO)c1)c1ccccc1. The zero-order valence-corrected chi connectivity index (χ0v) is 12.7. The molecular weight excluding hydrogens is 286 g/mol. The third kappa shape index (κ3) is 4.67. The van der Waals surface area contributed by atoms with Crippen molar-refractivity contribution in [2.24, 2.45) is 0 Å². The summed E-state index contributed by atoms with van der Waals surface area (Å²) in [6.45, 7) is 1.72. The molecule has 0 heterocycles. The van der Waals surface area contributed by atoms with E-state index in [1.807, 2.05) is 37.3 Å². The van der Waals surface area contributed by atoms with Crippen molar-refractivity contribution in [2.75, 3.05) is 0 Å². The van der Waals surface area contributed by atoms with Crippen molar-refractivity contribution in [3.8, 4) is 0 Å². The van der Waals surface area contributed by atoms with Crippen LogP contribution in [0.3, 0.4) is 0 Å². The second-order valence-electron chi connectivity index (χ2n) is 4.99. The molecule has 21 heavy (non-hydrogen) atoms. The summed E-state index contributed by atoms with van der Waals surface area (Å²) in [5.41, 5.74) is 2.29. The maximum Gasteiger partial charge on any atom is 0.216 e. The highest BCUT2D eigenvalue weighted by molar-refractivity contribution is 7.88. The van der Waals surface area contributed by atoms with Crippen molar-refractivity contribution in [3.63, 3.8) is 0 Å². The maximum atomic E-state index is 12.2. The van der Waals surface area contributed by atoms with E-state index in [9.17, 15) is 8.42 Å². The Morgan fingerprint density at radius 3 is 2.38 bits per heavy atom. The molecule has 1 unspecified atom stereocenters. The summed E-state index contributed by atoms with van der Waals surface area (Å²) in [7, 11) is -3.44. The third-order valence-electron chi connectivity index (χ3n) is 3.19. The second-order valence-corrected chi connectivity index (χ2v) is 6.74. The van der Waals surface area contributed by atoms with Gasteiger partial charge in [-0.1, -0.05) is 54.6 Å². The van der Waals surface area contributed by atoms with Gasteiger partial charge in [0.15, 0.2) is 0 Å². The van der Waals surface area contributed by atoms with E-state index in [0.29, 0.717) is 11.1 Å². The van der Waals surface area contributed by atoms with Gasteiger partial charge in [-0.15, -0.1) is 0 Å². The van der Waals surface area contributed by atoms with E-state index >= 15 is 0 Å². The van der Waals surface area contributed by atoms with Crippen LogP contribution in [0, 0.1) is 0 Å². The van der Waals surface area contributed by atoms with Crippen molar-refractivity contribution in [3.05, 3.63) is 71.3 Å². The average Bonchev–Trinajstić information content (AvgIpc) is 2.47. The van der Waals surface area contributed by atoms with Crippen molar-refractivity contribution in [1.29, 1.82) is 0 Å². The number of sulfonamides is 1. The number of nitrogens with one attached hydrogen (secondary N) is 1. The summed E-state index contributed by atoms with van der Waals surface area (Å²) in [5.74, 6) is -0.0992. The molecule has 2 rings (SSSR count). The van der Waals surface area contributed by atoms with Crippen LogP contribution in [0.2, 0.25) is 0 Å². The Labute approximate surface area is 125 Å². The fourth-order valence-corrected chi connectivity index (χ4v) is 3.53. The van der Waals surface area contributed by atoms with E-state index in [2.05, 4.69) is 4.72 Å². The van der Waals surface area contributed by atoms with Crippen molar-refractivity contribution in [2.45, 2.75) is 25.3 Å². The van der Waals surface area contributed by atoms with Crippen LogP contribution < -0.4 is 4.72 Å². The minimum atomic E-state index is -3.44. The van der Waals surface area contributed by atoms with E-state index in [1.54, 1.807) is 24.3 Å². The van der Waals surface area contributed by atoms with Gasteiger partial charge in [-0.2, -0.15) is 0 Å². The number of aliphatic hydroxyl groups is 1. The molecule has 2 aromatic carbocycles. The van der Waals surface area contributed by atoms with Gasteiger partial charge < -0.3 is 5.11 Å². The van der Waals surface area contributed by atoms with Crippen LogP contribution in [0.25, 0.3) is 0 Å². The lowest BCUT2D eigenvalue weighted by molar-refractivity contribution is 0.282. The lowest BCUT2D eigenvalue weighted by Gasteiger charge is -2.14. The molecule has 112 valence electrons.